The average Bonchev–Trinajstić information content (AvgIpc) is 2.75. The smallest absolute Gasteiger partial charge is 0.248 e. The summed E-state index contributed by atoms with van der Waals surface area (Å²) in [7, 11) is 0. The molecule has 0 bridgehead atoms. The molecule has 1 heterocycles. The van der Waals surface area contributed by atoms with Crippen molar-refractivity contribution in [2.45, 2.75) is 13.3 Å². The van der Waals surface area contributed by atoms with Gasteiger partial charge in [0.15, 0.2) is 5.82 Å². The molecule has 0 saturated carbocycles. The number of primary amides is 1. The maximum Gasteiger partial charge on any atom is 0.248 e. The van der Waals surface area contributed by atoms with Gasteiger partial charge in [-0.1, -0.05) is 5.16 Å². The zero-order valence-corrected chi connectivity index (χ0v) is 10.2. The molecular formula is C12H12N4O3. The average molecular weight is 260 g/mol. The van der Waals surface area contributed by atoms with Gasteiger partial charge in [-0.25, -0.2) is 0 Å². The van der Waals surface area contributed by atoms with E-state index in [4.69, 9.17) is 10.3 Å². The largest absolute Gasteiger partial charge is 0.366 e. The van der Waals surface area contributed by atoms with Crippen molar-refractivity contribution in [3.8, 4) is 0 Å². The molecule has 0 aliphatic heterocycles. The van der Waals surface area contributed by atoms with E-state index in [1.54, 1.807) is 19.1 Å². The molecular weight excluding hydrogens is 248 g/mol. The van der Waals surface area contributed by atoms with Gasteiger partial charge in [-0.3, -0.25) is 9.59 Å². The Kier molecular flexibility index (Phi) is 3.56. The first-order chi connectivity index (χ1) is 9.04. The van der Waals surface area contributed by atoms with Crippen LogP contribution in [-0.2, 0) is 11.2 Å². The van der Waals surface area contributed by atoms with Crippen molar-refractivity contribution in [3.63, 3.8) is 0 Å². The summed E-state index contributed by atoms with van der Waals surface area (Å²) in [5.74, 6) is -0.0629. The predicted octanol–water partition coefficient (Wildman–Crippen LogP) is 0.658. The minimum absolute atomic E-state index is 0.00158. The Labute approximate surface area is 108 Å². The van der Waals surface area contributed by atoms with Gasteiger partial charge in [0.2, 0.25) is 17.7 Å². The number of aryl methyl sites for hydroxylation is 1. The normalized spacial score (nSPS) is 10.2. The topological polar surface area (TPSA) is 111 Å². The lowest BCUT2D eigenvalue weighted by molar-refractivity contribution is -0.115. The second kappa shape index (κ2) is 5.30. The first-order valence-corrected chi connectivity index (χ1v) is 5.53. The number of carbonyl (C=O) groups excluding carboxylic acids is 2. The zero-order chi connectivity index (χ0) is 13.8. The fourth-order valence-electron chi connectivity index (χ4n) is 1.47. The van der Waals surface area contributed by atoms with Crippen LogP contribution >= 0.6 is 0 Å². The van der Waals surface area contributed by atoms with Crippen LogP contribution in [0.15, 0.2) is 28.8 Å². The van der Waals surface area contributed by atoms with Gasteiger partial charge < -0.3 is 15.6 Å². The Morgan fingerprint density at radius 1 is 1.32 bits per heavy atom. The number of nitrogens with one attached hydrogen (secondary N) is 1. The third kappa shape index (κ3) is 3.38. The van der Waals surface area contributed by atoms with Crippen LogP contribution < -0.4 is 11.1 Å². The van der Waals surface area contributed by atoms with Crippen LogP contribution in [0.25, 0.3) is 0 Å². The molecule has 0 atom stereocenters. The van der Waals surface area contributed by atoms with Gasteiger partial charge in [-0.15, -0.1) is 0 Å². The first-order valence-electron chi connectivity index (χ1n) is 5.53. The van der Waals surface area contributed by atoms with E-state index in [1.165, 1.54) is 12.1 Å². The molecule has 0 aliphatic rings. The highest BCUT2D eigenvalue weighted by molar-refractivity contribution is 5.95. The molecule has 0 unspecified atom stereocenters. The number of carbonyl (C=O) groups is 2. The van der Waals surface area contributed by atoms with Crippen molar-refractivity contribution >= 4 is 17.5 Å². The van der Waals surface area contributed by atoms with E-state index in [0.29, 0.717) is 17.1 Å². The minimum atomic E-state index is -0.515. The highest BCUT2D eigenvalue weighted by Crippen LogP contribution is 2.09. The quantitative estimate of drug-likeness (QED) is 0.838. The number of hydrogen-bond acceptors (Lipinski definition) is 5. The lowest BCUT2D eigenvalue weighted by Crippen LogP contribution is -2.15. The SMILES string of the molecule is Cc1noc(CC(=O)Nc2ccc(C(N)=O)cc2)n1. The van der Waals surface area contributed by atoms with E-state index in [1.807, 2.05) is 0 Å². The number of nitrogens with two attached hydrogens (primary N) is 1. The van der Waals surface area contributed by atoms with Crippen LogP contribution in [-0.4, -0.2) is 22.0 Å². The summed E-state index contributed by atoms with van der Waals surface area (Å²) in [6, 6.07) is 6.26. The third-order valence-electron chi connectivity index (χ3n) is 2.33. The van der Waals surface area contributed by atoms with Crippen molar-refractivity contribution in [1.82, 2.24) is 10.1 Å². The van der Waals surface area contributed by atoms with Crippen LogP contribution in [0.2, 0.25) is 0 Å². The van der Waals surface area contributed by atoms with Crippen LogP contribution in [0, 0.1) is 6.92 Å². The predicted molar refractivity (Wildman–Crippen MR) is 66.3 cm³/mol. The number of aromatic nitrogens is 2. The van der Waals surface area contributed by atoms with E-state index in [-0.39, 0.29) is 18.2 Å². The van der Waals surface area contributed by atoms with Gasteiger partial charge in [0.25, 0.3) is 0 Å². The Morgan fingerprint density at radius 2 is 2.00 bits per heavy atom. The van der Waals surface area contributed by atoms with E-state index in [2.05, 4.69) is 15.5 Å². The summed E-state index contributed by atoms with van der Waals surface area (Å²) in [6.45, 7) is 1.67. The molecule has 0 fully saturated rings. The molecule has 3 N–H and O–H groups in total. The molecule has 19 heavy (non-hydrogen) atoms. The monoisotopic (exact) mass is 260 g/mol. The van der Waals surface area contributed by atoms with Crippen molar-refractivity contribution in [2.75, 3.05) is 5.32 Å². The van der Waals surface area contributed by atoms with E-state index < -0.39 is 5.91 Å². The van der Waals surface area contributed by atoms with Crippen molar-refractivity contribution in [1.29, 1.82) is 0 Å². The van der Waals surface area contributed by atoms with Crippen LogP contribution in [0.3, 0.4) is 0 Å². The third-order valence-corrected chi connectivity index (χ3v) is 2.33. The second-order valence-electron chi connectivity index (χ2n) is 3.90. The number of rotatable bonds is 4. The summed E-state index contributed by atoms with van der Waals surface area (Å²) in [4.78, 5) is 26.5. The minimum Gasteiger partial charge on any atom is -0.366 e. The fraction of sp³-hybridized carbons (Fsp3) is 0.167. The zero-order valence-electron chi connectivity index (χ0n) is 10.2. The molecule has 2 rings (SSSR count). The fourth-order valence-corrected chi connectivity index (χ4v) is 1.47. The molecule has 1 aromatic carbocycles. The van der Waals surface area contributed by atoms with E-state index in [0.717, 1.165) is 0 Å². The lowest BCUT2D eigenvalue weighted by atomic mass is 10.2. The molecule has 0 aliphatic carbocycles. The van der Waals surface area contributed by atoms with Crippen LogP contribution in [0.4, 0.5) is 5.69 Å². The molecule has 2 aromatic rings. The van der Waals surface area contributed by atoms with Gasteiger partial charge in [0, 0.05) is 11.3 Å². The summed E-state index contributed by atoms with van der Waals surface area (Å²) in [6.07, 6.45) is -0.00158. The van der Waals surface area contributed by atoms with E-state index in [9.17, 15) is 9.59 Å². The number of nitrogens with zero attached hydrogens (tertiary/aromatic N) is 2. The Morgan fingerprint density at radius 3 is 2.53 bits per heavy atom. The number of benzene rings is 1. The molecule has 0 spiro atoms. The summed E-state index contributed by atoms with van der Waals surface area (Å²) in [5.41, 5.74) is 6.06. The lowest BCUT2D eigenvalue weighted by Gasteiger charge is -2.03. The summed E-state index contributed by atoms with van der Waals surface area (Å²) >= 11 is 0. The molecule has 0 radical (unpaired) electrons. The van der Waals surface area contributed by atoms with Gasteiger partial charge in [-0.2, -0.15) is 4.98 Å². The molecule has 2 amide bonds. The Bertz CT molecular complexity index is 604. The summed E-state index contributed by atoms with van der Waals surface area (Å²) < 4.78 is 4.84. The number of amides is 2. The van der Waals surface area contributed by atoms with E-state index >= 15 is 0 Å². The van der Waals surface area contributed by atoms with Crippen molar-refractivity contribution < 1.29 is 14.1 Å². The molecule has 0 saturated heterocycles. The maximum absolute atomic E-state index is 11.7. The van der Waals surface area contributed by atoms with Crippen LogP contribution in [0.1, 0.15) is 22.1 Å². The summed E-state index contributed by atoms with van der Waals surface area (Å²) in [5, 5.41) is 6.24. The second-order valence-corrected chi connectivity index (χ2v) is 3.90. The highest BCUT2D eigenvalue weighted by atomic mass is 16.5. The van der Waals surface area contributed by atoms with Crippen molar-refractivity contribution in [2.24, 2.45) is 5.73 Å². The van der Waals surface area contributed by atoms with Gasteiger partial charge in [0.1, 0.15) is 6.42 Å². The Hall–Kier alpha value is -2.70. The highest BCUT2D eigenvalue weighted by Gasteiger charge is 2.10. The van der Waals surface area contributed by atoms with Gasteiger partial charge >= 0.3 is 0 Å². The standard InChI is InChI=1S/C12H12N4O3/c1-7-14-11(19-16-7)6-10(17)15-9-4-2-8(3-5-9)12(13)18/h2-5H,6H2,1H3,(H2,13,18)(H,15,17). The Balaban J connectivity index is 1.97. The maximum atomic E-state index is 11.7. The number of anilines is 1. The van der Waals surface area contributed by atoms with Crippen molar-refractivity contribution in [3.05, 3.63) is 41.5 Å². The first kappa shape index (κ1) is 12.7. The molecule has 98 valence electrons. The van der Waals surface area contributed by atoms with Gasteiger partial charge in [0.05, 0.1) is 0 Å². The molecule has 7 heteroatoms. The number of hydrogen-bond donors (Lipinski definition) is 2. The van der Waals surface area contributed by atoms with Crippen LogP contribution in [0.5, 0.6) is 0 Å². The molecule has 1 aromatic heterocycles. The van der Waals surface area contributed by atoms with Gasteiger partial charge in [-0.05, 0) is 31.2 Å². The molecule has 7 nitrogen and oxygen atoms in total.